The molecule has 0 unspecified atom stereocenters. The summed E-state index contributed by atoms with van der Waals surface area (Å²) in [6.45, 7) is 4.23. The van der Waals surface area contributed by atoms with Gasteiger partial charge in [-0.1, -0.05) is 48.8 Å². The molecule has 8 heteroatoms. The first-order chi connectivity index (χ1) is 15.2. The molecule has 3 aromatic heterocycles. The lowest BCUT2D eigenvalue weighted by atomic mass is 10.0. The molecule has 5 rings (SSSR count). The zero-order valence-corrected chi connectivity index (χ0v) is 17.6. The second kappa shape index (κ2) is 8.47. The van der Waals surface area contributed by atoms with Crippen LogP contribution in [0.4, 0.5) is 0 Å². The Kier molecular flexibility index (Phi) is 5.38. The molecule has 1 aliphatic rings. The third-order valence-electron chi connectivity index (χ3n) is 6.05. The van der Waals surface area contributed by atoms with Crippen LogP contribution < -0.4 is 5.56 Å². The van der Waals surface area contributed by atoms with Gasteiger partial charge in [0.05, 0.1) is 18.8 Å². The first-order valence-corrected chi connectivity index (χ1v) is 10.9. The fourth-order valence-electron chi connectivity index (χ4n) is 4.38. The summed E-state index contributed by atoms with van der Waals surface area (Å²) in [6.07, 6.45) is 8.35. The van der Waals surface area contributed by atoms with Crippen LogP contribution in [0.25, 0.3) is 16.8 Å². The second-order valence-electron chi connectivity index (χ2n) is 8.09. The fraction of sp³-hybridized carbons (Fsp3) is 0.391. The number of likely N-dealkylation sites (tertiary alicyclic amines) is 1. The molecule has 0 amide bonds. The molecule has 4 aromatic rings. The highest BCUT2D eigenvalue weighted by Gasteiger charge is 2.23. The van der Waals surface area contributed by atoms with Gasteiger partial charge in [-0.3, -0.25) is 9.69 Å². The van der Waals surface area contributed by atoms with E-state index in [1.165, 1.54) is 19.3 Å². The van der Waals surface area contributed by atoms with Gasteiger partial charge in [0, 0.05) is 24.0 Å². The minimum Gasteiger partial charge on any atom is -0.338 e. The summed E-state index contributed by atoms with van der Waals surface area (Å²) in [6, 6.07) is 12.2. The van der Waals surface area contributed by atoms with Crippen molar-refractivity contribution in [3.05, 3.63) is 70.9 Å². The predicted molar refractivity (Wildman–Crippen MR) is 117 cm³/mol. The molecule has 0 saturated carbocycles. The number of aromatic nitrogens is 5. The molecule has 1 aromatic carbocycles. The van der Waals surface area contributed by atoms with E-state index < -0.39 is 0 Å². The highest BCUT2D eigenvalue weighted by atomic mass is 16.5. The molecule has 160 valence electrons. The van der Waals surface area contributed by atoms with Gasteiger partial charge < -0.3 is 9.09 Å². The molecule has 0 radical (unpaired) electrons. The van der Waals surface area contributed by atoms with Crippen LogP contribution in [0.3, 0.4) is 0 Å². The summed E-state index contributed by atoms with van der Waals surface area (Å²) in [5.74, 6) is 1.12. The molecular weight excluding hydrogens is 392 g/mol. The van der Waals surface area contributed by atoms with Crippen LogP contribution in [0, 0.1) is 0 Å². The van der Waals surface area contributed by atoms with Crippen molar-refractivity contribution in [3.8, 4) is 11.3 Å². The third kappa shape index (κ3) is 4.03. The quantitative estimate of drug-likeness (QED) is 0.478. The Morgan fingerprint density at radius 1 is 1.13 bits per heavy atom. The number of rotatable bonds is 6. The van der Waals surface area contributed by atoms with Crippen LogP contribution in [-0.2, 0) is 13.1 Å². The monoisotopic (exact) mass is 418 g/mol. The van der Waals surface area contributed by atoms with Crippen LogP contribution in [0.5, 0.6) is 0 Å². The van der Waals surface area contributed by atoms with E-state index in [4.69, 9.17) is 4.52 Å². The minimum absolute atomic E-state index is 0.134. The lowest BCUT2D eigenvalue weighted by Gasteiger charge is -2.33. The maximum atomic E-state index is 13.0. The highest BCUT2D eigenvalue weighted by Crippen LogP contribution is 2.21. The Morgan fingerprint density at radius 3 is 2.84 bits per heavy atom. The summed E-state index contributed by atoms with van der Waals surface area (Å²) < 4.78 is 8.69. The minimum atomic E-state index is -0.134. The largest absolute Gasteiger partial charge is 0.338 e. The van der Waals surface area contributed by atoms with Crippen molar-refractivity contribution in [3.63, 3.8) is 0 Å². The van der Waals surface area contributed by atoms with Crippen LogP contribution in [0.2, 0.25) is 0 Å². The fourth-order valence-corrected chi connectivity index (χ4v) is 4.38. The van der Waals surface area contributed by atoms with E-state index >= 15 is 0 Å². The molecule has 31 heavy (non-hydrogen) atoms. The maximum absolute atomic E-state index is 13.0. The van der Waals surface area contributed by atoms with Crippen molar-refractivity contribution >= 4 is 5.52 Å². The Morgan fingerprint density at radius 2 is 2.00 bits per heavy atom. The smallest absolute Gasteiger partial charge is 0.277 e. The Labute approximate surface area is 180 Å². The van der Waals surface area contributed by atoms with Crippen molar-refractivity contribution in [2.45, 2.75) is 51.7 Å². The molecule has 1 aliphatic heterocycles. The molecule has 1 fully saturated rings. The van der Waals surface area contributed by atoms with Crippen molar-refractivity contribution in [2.75, 3.05) is 6.54 Å². The van der Waals surface area contributed by atoms with E-state index in [0.717, 1.165) is 24.2 Å². The lowest BCUT2D eigenvalue weighted by molar-refractivity contribution is 0.120. The average molecular weight is 419 g/mol. The summed E-state index contributed by atoms with van der Waals surface area (Å²) in [4.78, 5) is 20.0. The predicted octanol–water partition coefficient (Wildman–Crippen LogP) is 3.36. The van der Waals surface area contributed by atoms with E-state index in [9.17, 15) is 4.79 Å². The van der Waals surface area contributed by atoms with Gasteiger partial charge in [0.15, 0.2) is 5.82 Å². The Hall–Kier alpha value is -3.26. The molecule has 0 aliphatic carbocycles. The van der Waals surface area contributed by atoms with Crippen LogP contribution in [0.1, 0.15) is 44.3 Å². The number of nitrogens with zero attached hydrogens (tertiary/aromatic N) is 6. The number of piperidine rings is 1. The SMILES string of the molecule is CC[C@@H]1CCCCN1Cc1nc(Cn2ccn3nc(-c4ccccc4)cc3c2=O)no1. The van der Waals surface area contributed by atoms with E-state index in [-0.39, 0.29) is 12.1 Å². The molecule has 0 spiro atoms. The zero-order valence-electron chi connectivity index (χ0n) is 17.6. The van der Waals surface area contributed by atoms with Crippen LogP contribution in [-0.4, -0.2) is 41.8 Å². The first kappa shape index (κ1) is 19.7. The van der Waals surface area contributed by atoms with Gasteiger partial charge in [-0.25, -0.2) is 4.52 Å². The lowest BCUT2D eigenvalue weighted by Crippen LogP contribution is -2.38. The van der Waals surface area contributed by atoms with E-state index in [0.29, 0.717) is 29.8 Å². The Balaban J connectivity index is 1.35. The van der Waals surface area contributed by atoms with E-state index in [1.54, 1.807) is 21.5 Å². The molecule has 4 heterocycles. The van der Waals surface area contributed by atoms with Gasteiger partial charge in [-0.15, -0.1) is 0 Å². The number of benzene rings is 1. The Bertz CT molecular complexity index is 1230. The average Bonchev–Trinajstić information content (AvgIpc) is 3.44. The van der Waals surface area contributed by atoms with Crippen LogP contribution in [0.15, 0.2) is 58.1 Å². The topological polar surface area (TPSA) is 81.5 Å². The maximum Gasteiger partial charge on any atom is 0.277 e. The number of hydrogen-bond donors (Lipinski definition) is 0. The zero-order chi connectivity index (χ0) is 21.2. The highest BCUT2D eigenvalue weighted by molar-refractivity contribution is 5.65. The second-order valence-corrected chi connectivity index (χ2v) is 8.09. The molecule has 1 saturated heterocycles. The van der Waals surface area contributed by atoms with Crippen LogP contribution >= 0.6 is 0 Å². The van der Waals surface area contributed by atoms with Crippen molar-refractivity contribution in [1.82, 2.24) is 29.2 Å². The van der Waals surface area contributed by atoms with Gasteiger partial charge in [-0.2, -0.15) is 10.1 Å². The molecule has 8 nitrogen and oxygen atoms in total. The van der Waals surface area contributed by atoms with Gasteiger partial charge in [-0.05, 0) is 31.9 Å². The summed E-state index contributed by atoms with van der Waals surface area (Å²) >= 11 is 0. The number of hydrogen-bond acceptors (Lipinski definition) is 6. The third-order valence-corrected chi connectivity index (χ3v) is 6.05. The van der Waals surface area contributed by atoms with Crippen molar-refractivity contribution in [1.29, 1.82) is 0 Å². The molecule has 0 bridgehead atoms. The molecular formula is C23H26N6O2. The van der Waals surface area contributed by atoms with Gasteiger partial charge in [0.1, 0.15) is 5.52 Å². The summed E-state index contributed by atoms with van der Waals surface area (Å²) in [5.41, 5.74) is 2.13. The van der Waals surface area contributed by atoms with Gasteiger partial charge in [0.25, 0.3) is 5.56 Å². The van der Waals surface area contributed by atoms with E-state index in [2.05, 4.69) is 27.1 Å². The molecule has 0 N–H and O–H groups in total. The van der Waals surface area contributed by atoms with Crippen molar-refractivity contribution < 1.29 is 4.52 Å². The van der Waals surface area contributed by atoms with Gasteiger partial charge in [0.2, 0.25) is 5.89 Å². The van der Waals surface area contributed by atoms with E-state index in [1.807, 2.05) is 36.4 Å². The standard InChI is InChI=1S/C23H26N6O2/c1-2-18-10-6-7-11-27(18)16-22-24-21(26-31-22)15-28-12-13-29-20(23(28)30)14-19(25-29)17-8-4-3-5-9-17/h3-5,8-9,12-14,18H,2,6-7,10-11,15-16H2,1H3/t18-/m1/s1. The molecule has 1 atom stereocenters. The van der Waals surface area contributed by atoms with Crippen molar-refractivity contribution in [2.24, 2.45) is 0 Å². The normalized spacial score (nSPS) is 17.4. The summed E-state index contributed by atoms with van der Waals surface area (Å²) in [7, 11) is 0. The van der Waals surface area contributed by atoms with Gasteiger partial charge >= 0.3 is 0 Å². The number of fused-ring (bicyclic) bond motifs is 1. The summed E-state index contributed by atoms with van der Waals surface area (Å²) in [5, 5.41) is 8.63. The first-order valence-electron chi connectivity index (χ1n) is 10.9.